The van der Waals surface area contributed by atoms with Crippen LogP contribution in [0.4, 0.5) is 4.39 Å². The van der Waals surface area contributed by atoms with Crippen molar-refractivity contribution in [1.82, 2.24) is 0 Å². The highest BCUT2D eigenvalue weighted by atomic mass is 79.9. The average Bonchev–Trinajstić information content (AvgIpc) is 2.03. The summed E-state index contributed by atoms with van der Waals surface area (Å²) in [4.78, 5) is 0. The molecule has 0 bridgehead atoms. The second-order valence-corrected chi connectivity index (χ2v) is 3.50. The van der Waals surface area contributed by atoms with Gasteiger partial charge < -0.3 is 5.73 Å². The summed E-state index contributed by atoms with van der Waals surface area (Å²) in [6, 6.07) is 4.66. The third kappa shape index (κ3) is 2.93. The summed E-state index contributed by atoms with van der Waals surface area (Å²) in [6.07, 6.45) is 0.736. The van der Waals surface area contributed by atoms with Crippen molar-refractivity contribution in [2.75, 3.05) is 0 Å². The van der Waals surface area contributed by atoms with Crippen molar-refractivity contribution >= 4 is 28.3 Å². The zero-order valence-corrected chi connectivity index (χ0v) is 9.66. The van der Waals surface area contributed by atoms with Crippen LogP contribution in [0.15, 0.2) is 22.7 Å². The molecule has 0 radical (unpaired) electrons. The molecule has 0 fully saturated rings. The Hall–Kier alpha value is -0.120. The van der Waals surface area contributed by atoms with Crippen molar-refractivity contribution in [3.8, 4) is 0 Å². The molecule has 74 valence electrons. The Morgan fingerprint density at radius 1 is 1.54 bits per heavy atom. The molecule has 0 saturated heterocycles. The van der Waals surface area contributed by atoms with E-state index in [1.54, 1.807) is 12.1 Å². The molecule has 0 aliphatic carbocycles. The van der Waals surface area contributed by atoms with Crippen LogP contribution in [0, 0.1) is 5.82 Å². The van der Waals surface area contributed by atoms with Crippen molar-refractivity contribution in [3.63, 3.8) is 0 Å². The van der Waals surface area contributed by atoms with Gasteiger partial charge in [0.05, 0.1) is 0 Å². The summed E-state index contributed by atoms with van der Waals surface area (Å²) in [5.74, 6) is -0.237. The second-order valence-electron chi connectivity index (χ2n) is 2.65. The number of benzene rings is 1. The van der Waals surface area contributed by atoms with Gasteiger partial charge in [0.1, 0.15) is 5.82 Å². The van der Waals surface area contributed by atoms with E-state index in [2.05, 4.69) is 15.9 Å². The first-order valence-electron chi connectivity index (χ1n) is 3.86. The first-order chi connectivity index (χ1) is 5.66. The summed E-state index contributed by atoms with van der Waals surface area (Å²) >= 11 is 3.27. The number of nitrogens with two attached hydrogens (primary N) is 1. The van der Waals surface area contributed by atoms with Crippen molar-refractivity contribution in [2.45, 2.75) is 19.4 Å². The standard InChI is InChI=1S/C9H11BrFN.ClH/c1-2-8(12)9-6(10)4-3-5-7(9)11;/h3-5,8H,2,12H2,1H3;1H. The Kier molecular flexibility index (Phi) is 5.53. The number of hydrogen-bond donors (Lipinski definition) is 1. The van der Waals surface area contributed by atoms with E-state index < -0.39 is 0 Å². The Bertz CT molecular complexity index is 260. The van der Waals surface area contributed by atoms with E-state index in [0.717, 1.165) is 10.9 Å². The maximum Gasteiger partial charge on any atom is 0.129 e. The minimum Gasteiger partial charge on any atom is -0.324 e. The lowest BCUT2D eigenvalue weighted by atomic mass is 10.1. The minimum absolute atomic E-state index is 0. The smallest absolute Gasteiger partial charge is 0.129 e. The molecule has 1 aromatic carbocycles. The monoisotopic (exact) mass is 267 g/mol. The molecule has 1 atom stereocenters. The summed E-state index contributed by atoms with van der Waals surface area (Å²) in [5, 5.41) is 0. The normalized spacial score (nSPS) is 12.0. The van der Waals surface area contributed by atoms with Gasteiger partial charge in [-0.05, 0) is 18.6 Å². The van der Waals surface area contributed by atoms with Gasteiger partial charge in [-0.2, -0.15) is 0 Å². The molecule has 0 aromatic heterocycles. The van der Waals surface area contributed by atoms with E-state index in [0.29, 0.717) is 5.56 Å². The fraction of sp³-hybridized carbons (Fsp3) is 0.333. The van der Waals surface area contributed by atoms with E-state index in [1.807, 2.05) is 6.92 Å². The highest BCUT2D eigenvalue weighted by molar-refractivity contribution is 9.10. The number of hydrogen-bond acceptors (Lipinski definition) is 1. The highest BCUT2D eigenvalue weighted by Gasteiger charge is 2.12. The highest BCUT2D eigenvalue weighted by Crippen LogP contribution is 2.26. The summed E-state index contributed by atoms with van der Waals surface area (Å²) in [5.41, 5.74) is 6.30. The Labute approximate surface area is 92.1 Å². The molecule has 0 spiro atoms. The van der Waals surface area contributed by atoms with E-state index in [9.17, 15) is 4.39 Å². The fourth-order valence-electron chi connectivity index (χ4n) is 1.07. The third-order valence-corrected chi connectivity index (χ3v) is 2.50. The van der Waals surface area contributed by atoms with Crippen LogP contribution in [0.3, 0.4) is 0 Å². The van der Waals surface area contributed by atoms with Gasteiger partial charge in [0.2, 0.25) is 0 Å². The molecule has 0 aliphatic heterocycles. The largest absolute Gasteiger partial charge is 0.324 e. The maximum absolute atomic E-state index is 13.2. The van der Waals surface area contributed by atoms with Gasteiger partial charge in [-0.15, -0.1) is 12.4 Å². The van der Waals surface area contributed by atoms with Gasteiger partial charge in [0, 0.05) is 16.1 Å². The fourth-order valence-corrected chi connectivity index (χ4v) is 1.71. The van der Waals surface area contributed by atoms with Crippen LogP contribution in [0.5, 0.6) is 0 Å². The Morgan fingerprint density at radius 2 is 2.15 bits per heavy atom. The summed E-state index contributed by atoms with van der Waals surface area (Å²) in [6.45, 7) is 1.93. The first kappa shape index (κ1) is 12.9. The van der Waals surface area contributed by atoms with Gasteiger partial charge in [0.15, 0.2) is 0 Å². The molecule has 0 amide bonds. The molecule has 1 rings (SSSR count). The number of rotatable bonds is 2. The van der Waals surface area contributed by atoms with E-state index >= 15 is 0 Å². The zero-order valence-electron chi connectivity index (χ0n) is 7.26. The van der Waals surface area contributed by atoms with Crippen molar-refractivity contribution in [1.29, 1.82) is 0 Å². The van der Waals surface area contributed by atoms with E-state index in [1.165, 1.54) is 6.07 Å². The molecule has 0 saturated carbocycles. The second kappa shape index (κ2) is 5.58. The zero-order chi connectivity index (χ0) is 9.14. The summed E-state index contributed by atoms with van der Waals surface area (Å²) < 4.78 is 13.9. The molecular weight excluding hydrogens is 256 g/mol. The van der Waals surface area contributed by atoms with E-state index in [-0.39, 0.29) is 24.3 Å². The topological polar surface area (TPSA) is 26.0 Å². The lowest BCUT2D eigenvalue weighted by molar-refractivity contribution is 0.573. The SMILES string of the molecule is CCC(N)c1c(F)cccc1Br.Cl. The van der Waals surface area contributed by atoms with Gasteiger partial charge in [-0.3, -0.25) is 0 Å². The Balaban J connectivity index is 0.00000144. The molecule has 0 aliphatic rings. The summed E-state index contributed by atoms with van der Waals surface area (Å²) in [7, 11) is 0. The maximum atomic E-state index is 13.2. The number of halogens is 3. The quantitative estimate of drug-likeness (QED) is 0.874. The lowest BCUT2D eigenvalue weighted by Crippen LogP contribution is -2.11. The molecular formula is C9H12BrClFN. The molecule has 4 heteroatoms. The van der Waals surface area contributed by atoms with Crippen LogP contribution in [0.1, 0.15) is 24.9 Å². The molecule has 1 unspecified atom stereocenters. The molecule has 1 aromatic rings. The lowest BCUT2D eigenvalue weighted by Gasteiger charge is -2.11. The third-order valence-electron chi connectivity index (χ3n) is 1.81. The molecule has 2 N–H and O–H groups in total. The van der Waals surface area contributed by atoms with Crippen LogP contribution in [0.25, 0.3) is 0 Å². The predicted molar refractivity (Wildman–Crippen MR) is 58.6 cm³/mol. The predicted octanol–water partition coefficient (Wildman–Crippen LogP) is 3.42. The average molecular weight is 269 g/mol. The van der Waals surface area contributed by atoms with Crippen molar-refractivity contribution in [2.24, 2.45) is 5.73 Å². The van der Waals surface area contributed by atoms with Crippen LogP contribution in [0.2, 0.25) is 0 Å². The van der Waals surface area contributed by atoms with Gasteiger partial charge in [-0.1, -0.05) is 28.9 Å². The van der Waals surface area contributed by atoms with Crippen LogP contribution in [-0.2, 0) is 0 Å². The molecule has 1 nitrogen and oxygen atoms in total. The van der Waals surface area contributed by atoms with Crippen LogP contribution in [-0.4, -0.2) is 0 Å². The van der Waals surface area contributed by atoms with Gasteiger partial charge in [0.25, 0.3) is 0 Å². The molecule has 13 heavy (non-hydrogen) atoms. The van der Waals surface area contributed by atoms with Gasteiger partial charge >= 0.3 is 0 Å². The van der Waals surface area contributed by atoms with Crippen LogP contribution >= 0.6 is 28.3 Å². The van der Waals surface area contributed by atoms with Crippen molar-refractivity contribution in [3.05, 3.63) is 34.1 Å². The van der Waals surface area contributed by atoms with E-state index in [4.69, 9.17) is 5.73 Å². The van der Waals surface area contributed by atoms with Gasteiger partial charge in [-0.25, -0.2) is 4.39 Å². The van der Waals surface area contributed by atoms with Crippen LogP contribution < -0.4 is 5.73 Å². The molecule has 0 heterocycles. The first-order valence-corrected chi connectivity index (χ1v) is 4.65. The van der Waals surface area contributed by atoms with Crippen molar-refractivity contribution < 1.29 is 4.39 Å². The minimum atomic E-state index is -0.237. The Morgan fingerprint density at radius 3 is 2.62 bits per heavy atom.